The zero-order valence-corrected chi connectivity index (χ0v) is 28.3. The van der Waals surface area contributed by atoms with Gasteiger partial charge in [-0.15, -0.1) is 0 Å². The molecule has 3 aromatic carbocycles. The summed E-state index contributed by atoms with van der Waals surface area (Å²) in [6, 6.07) is 22.1. The van der Waals surface area contributed by atoms with Crippen molar-refractivity contribution in [1.29, 1.82) is 0 Å². The zero-order valence-electron chi connectivity index (χ0n) is 26.3. The molecular formula is C37H48Si2. The SMILES string of the molecule is CCc1cc(CC)cc(C2=C(C)C(C)=C(C)C2C([Si]c2cc(C)cc([Si](C)(C)C)c2)c2cc(C)cc(C)c2)c1. The van der Waals surface area contributed by atoms with E-state index in [1.54, 1.807) is 16.3 Å². The molecule has 39 heavy (non-hydrogen) atoms. The molecule has 0 heterocycles. The summed E-state index contributed by atoms with van der Waals surface area (Å²) in [5.41, 5.74) is 16.5. The summed E-state index contributed by atoms with van der Waals surface area (Å²) in [5.74, 6) is 0.386. The van der Waals surface area contributed by atoms with E-state index >= 15 is 0 Å². The third-order valence-electron chi connectivity index (χ3n) is 8.72. The minimum absolute atomic E-state index is 0.386. The number of hydrogen-bond donors (Lipinski definition) is 0. The highest BCUT2D eigenvalue weighted by atomic mass is 28.3. The van der Waals surface area contributed by atoms with Gasteiger partial charge in [-0.2, -0.15) is 0 Å². The molecule has 1 aliphatic carbocycles. The van der Waals surface area contributed by atoms with Crippen LogP contribution in [0.4, 0.5) is 0 Å². The van der Waals surface area contributed by atoms with Crippen molar-refractivity contribution >= 4 is 33.5 Å². The smallest absolute Gasteiger partial charge is 0.0656 e. The predicted molar refractivity (Wildman–Crippen MR) is 178 cm³/mol. The molecule has 0 N–H and O–H groups in total. The van der Waals surface area contributed by atoms with Gasteiger partial charge in [-0.25, -0.2) is 0 Å². The Morgan fingerprint density at radius 1 is 0.667 bits per heavy atom. The number of allylic oxidation sites excluding steroid dienone is 4. The van der Waals surface area contributed by atoms with Crippen LogP contribution in [0, 0.1) is 26.7 Å². The quantitative estimate of drug-likeness (QED) is 0.247. The molecule has 0 amide bonds. The molecule has 1 aliphatic rings. The van der Waals surface area contributed by atoms with Crippen molar-refractivity contribution in [2.75, 3.05) is 0 Å². The van der Waals surface area contributed by atoms with Crippen LogP contribution in [0.15, 0.2) is 71.3 Å². The standard InChI is InChI=1S/C37H48Si2/c1-12-29-19-30(13-2)21-31(20-29)35-27(7)26(6)28(8)36(35)37(32-15-23(3)14-24(4)16-32)38-33-17-25(5)18-34(22-33)39(9,10)11/h14-22,36-37H,12-13H2,1-11H3. The van der Waals surface area contributed by atoms with E-state index in [9.17, 15) is 0 Å². The molecule has 3 aromatic rings. The van der Waals surface area contributed by atoms with E-state index in [-0.39, 0.29) is 0 Å². The molecule has 2 radical (unpaired) electrons. The van der Waals surface area contributed by atoms with E-state index in [1.165, 1.54) is 55.3 Å². The Balaban J connectivity index is 1.94. The Kier molecular flexibility index (Phi) is 8.78. The number of rotatable bonds is 8. The van der Waals surface area contributed by atoms with Gasteiger partial charge in [0.05, 0.1) is 17.6 Å². The largest absolute Gasteiger partial charge is 0.0900 e. The van der Waals surface area contributed by atoms with Gasteiger partial charge in [-0.05, 0) is 98.9 Å². The Hall–Kier alpha value is -2.43. The number of benzene rings is 3. The maximum atomic E-state index is 2.55. The summed E-state index contributed by atoms with van der Waals surface area (Å²) >= 11 is 0. The molecule has 0 spiro atoms. The van der Waals surface area contributed by atoms with Crippen molar-refractivity contribution < 1.29 is 0 Å². The Morgan fingerprint density at radius 3 is 1.77 bits per heavy atom. The number of hydrogen-bond acceptors (Lipinski definition) is 0. The monoisotopic (exact) mass is 548 g/mol. The fourth-order valence-corrected chi connectivity index (χ4v) is 9.57. The maximum Gasteiger partial charge on any atom is 0.0900 e. The Labute approximate surface area is 242 Å². The molecule has 0 aliphatic heterocycles. The summed E-state index contributed by atoms with van der Waals surface area (Å²) in [4.78, 5) is 0. The van der Waals surface area contributed by atoms with E-state index in [0.717, 1.165) is 12.8 Å². The topological polar surface area (TPSA) is 0 Å². The van der Waals surface area contributed by atoms with E-state index < -0.39 is 8.07 Å². The lowest BCUT2D eigenvalue weighted by molar-refractivity contribution is 0.743. The van der Waals surface area contributed by atoms with E-state index in [4.69, 9.17) is 0 Å². The Morgan fingerprint density at radius 2 is 1.23 bits per heavy atom. The van der Waals surface area contributed by atoms with Crippen LogP contribution in [0.25, 0.3) is 5.57 Å². The van der Waals surface area contributed by atoms with Crippen LogP contribution in [0.3, 0.4) is 0 Å². The molecule has 0 aromatic heterocycles. The fraction of sp³-hybridized carbons (Fsp3) is 0.405. The molecule has 4 rings (SSSR count). The third-order valence-corrected chi connectivity index (χ3v) is 12.3. The van der Waals surface area contributed by atoms with Crippen LogP contribution >= 0.6 is 0 Å². The van der Waals surface area contributed by atoms with Gasteiger partial charge in [0.1, 0.15) is 0 Å². The van der Waals surface area contributed by atoms with Gasteiger partial charge in [0.2, 0.25) is 0 Å². The first-order valence-electron chi connectivity index (χ1n) is 14.8. The molecule has 204 valence electrons. The molecular weight excluding hydrogens is 501 g/mol. The lowest BCUT2D eigenvalue weighted by Gasteiger charge is -2.30. The second-order valence-corrected chi connectivity index (χ2v) is 19.5. The normalized spacial score (nSPS) is 16.8. The first kappa shape index (κ1) is 29.6. The lowest BCUT2D eigenvalue weighted by Crippen LogP contribution is -2.41. The van der Waals surface area contributed by atoms with Crippen LogP contribution in [0.1, 0.15) is 79.1 Å². The Bertz CT molecular complexity index is 1400. The highest BCUT2D eigenvalue weighted by Crippen LogP contribution is 2.49. The van der Waals surface area contributed by atoms with Crippen molar-refractivity contribution in [3.8, 4) is 0 Å². The van der Waals surface area contributed by atoms with Crippen molar-refractivity contribution in [3.05, 3.63) is 110 Å². The van der Waals surface area contributed by atoms with E-state index in [0.29, 0.717) is 21.0 Å². The first-order chi connectivity index (χ1) is 18.3. The van der Waals surface area contributed by atoms with E-state index in [2.05, 4.69) is 130 Å². The third kappa shape index (κ3) is 6.33. The molecule has 2 atom stereocenters. The predicted octanol–water partition coefficient (Wildman–Crippen LogP) is 8.79. The minimum atomic E-state index is -1.41. The fourth-order valence-electron chi connectivity index (χ4n) is 6.35. The summed E-state index contributed by atoms with van der Waals surface area (Å²) in [7, 11) is -0.696. The van der Waals surface area contributed by atoms with Crippen LogP contribution < -0.4 is 10.4 Å². The van der Waals surface area contributed by atoms with Crippen molar-refractivity contribution in [2.24, 2.45) is 5.92 Å². The summed E-state index contributed by atoms with van der Waals surface area (Å²) in [5, 5.41) is 3.09. The molecule has 0 saturated heterocycles. The van der Waals surface area contributed by atoms with Gasteiger partial charge >= 0.3 is 0 Å². The summed E-state index contributed by atoms with van der Waals surface area (Å²) < 4.78 is 0. The second-order valence-electron chi connectivity index (χ2n) is 13.0. The average Bonchev–Trinajstić information content (AvgIpc) is 3.09. The van der Waals surface area contributed by atoms with Crippen LogP contribution in [0.2, 0.25) is 19.6 Å². The average molecular weight is 549 g/mol. The van der Waals surface area contributed by atoms with Crippen molar-refractivity contribution in [3.63, 3.8) is 0 Å². The summed E-state index contributed by atoms with van der Waals surface area (Å²) in [6.07, 6.45) is 2.16. The van der Waals surface area contributed by atoms with Crippen molar-refractivity contribution in [1.82, 2.24) is 0 Å². The molecule has 0 bridgehead atoms. The molecule has 2 heteroatoms. The van der Waals surface area contributed by atoms with Gasteiger partial charge in [-0.3, -0.25) is 0 Å². The lowest BCUT2D eigenvalue weighted by atomic mass is 9.83. The summed E-state index contributed by atoms with van der Waals surface area (Å²) in [6.45, 7) is 25.9. The molecule has 2 unspecified atom stereocenters. The van der Waals surface area contributed by atoms with Crippen LogP contribution in [-0.2, 0) is 12.8 Å². The highest BCUT2D eigenvalue weighted by Gasteiger charge is 2.36. The van der Waals surface area contributed by atoms with Crippen LogP contribution in [0.5, 0.6) is 0 Å². The van der Waals surface area contributed by atoms with Gasteiger partial charge in [0.25, 0.3) is 0 Å². The maximum absolute atomic E-state index is 2.55. The minimum Gasteiger partial charge on any atom is -0.0656 e. The van der Waals surface area contributed by atoms with Crippen molar-refractivity contribution in [2.45, 2.75) is 93.4 Å². The van der Waals surface area contributed by atoms with Gasteiger partial charge in [-0.1, -0.05) is 121 Å². The highest BCUT2D eigenvalue weighted by molar-refractivity contribution is 6.89. The van der Waals surface area contributed by atoms with Crippen LogP contribution in [-0.4, -0.2) is 17.6 Å². The van der Waals surface area contributed by atoms with Gasteiger partial charge < -0.3 is 0 Å². The van der Waals surface area contributed by atoms with E-state index in [1.807, 2.05) is 0 Å². The first-order valence-corrected chi connectivity index (χ1v) is 19.4. The molecule has 0 fully saturated rings. The molecule has 0 saturated carbocycles. The zero-order chi connectivity index (χ0) is 28.6. The number of aryl methyl sites for hydroxylation is 5. The van der Waals surface area contributed by atoms with Gasteiger partial charge in [0.15, 0.2) is 0 Å². The molecule has 0 nitrogen and oxygen atoms in total. The second kappa shape index (κ2) is 11.6. The van der Waals surface area contributed by atoms with Gasteiger partial charge in [0, 0.05) is 5.92 Å².